The number of rotatable bonds is 4. The molecule has 0 aliphatic rings. The summed E-state index contributed by atoms with van der Waals surface area (Å²) < 4.78 is 2.13. The van der Waals surface area contributed by atoms with Gasteiger partial charge in [-0.25, -0.2) is 4.98 Å². The number of aryl methyl sites for hydroxylation is 1. The number of hydrogen-bond acceptors (Lipinski definition) is 4. The highest BCUT2D eigenvalue weighted by Gasteiger charge is 2.17. The zero-order valence-electron chi connectivity index (χ0n) is 9.01. The Bertz CT molecular complexity index is 574. The largest absolute Gasteiger partial charge is 0.332 e. The second-order valence-electron chi connectivity index (χ2n) is 3.52. The van der Waals surface area contributed by atoms with Gasteiger partial charge >= 0.3 is 0 Å². The Hall–Kier alpha value is -1.46. The fourth-order valence-corrected chi connectivity index (χ4v) is 2.30. The smallest absolute Gasteiger partial charge is 0.205 e. The minimum absolute atomic E-state index is 0.183. The first-order valence-corrected chi connectivity index (χ1v) is 6.11. The Morgan fingerprint density at radius 3 is 2.76 bits per heavy atom. The fraction of sp³-hybridized carbons (Fsp3) is 0.182. The zero-order chi connectivity index (χ0) is 12.4. The number of hydrogen-bond donors (Lipinski definition) is 0. The van der Waals surface area contributed by atoms with E-state index in [1.807, 2.05) is 0 Å². The SMILES string of the molecule is Cn1ccnc1C(=O)CC(=O)c1csc(Cl)c1. The van der Waals surface area contributed by atoms with Crippen LogP contribution < -0.4 is 0 Å². The molecule has 0 bridgehead atoms. The number of thiophene rings is 1. The predicted molar refractivity (Wildman–Crippen MR) is 65.8 cm³/mol. The van der Waals surface area contributed by atoms with Crippen LogP contribution in [0.5, 0.6) is 0 Å². The van der Waals surface area contributed by atoms with Crippen molar-refractivity contribution in [3.05, 3.63) is 39.6 Å². The fourth-order valence-electron chi connectivity index (χ4n) is 1.42. The minimum Gasteiger partial charge on any atom is -0.332 e. The molecule has 6 heteroatoms. The molecule has 0 unspecified atom stereocenters. The van der Waals surface area contributed by atoms with Gasteiger partial charge in [0.25, 0.3) is 0 Å². The van der Waals surface area contributed by atoms with Crippen molar-refractivity contribution in [1.82, 2.24) is 9.55 Å². The summed E-state index contributed by atoms with van der Waals surface area (Å²) in [4.78, 5) is 27.5. The molecule has 0 atom stereocenters. The normalized spacial score (nSPS) is 10.5. The van der Waals surface area contributed by atoms with Crippen molar-refractivity contribution in [1.29, 1.82) is 0 Å². The molecule has 4 nitrogen and oxygen atoms in total. The van der Waals surface area contributed by atoms with Crippen molar-refractivity contribution < 1.29 is 9.59 Å². The summed E-state index contributed by atoms with van der Waals surface area (Å²) in [5, 5.41) is 1.65. The van der Waals surface area contributed by atoms with Crippen molar-refractivity contribution in [2.45, 2.75) is 6.42 Å². The second kappa shape index (κ2) is 4.81. The van der Waals surface area contributed by atoms with E-state index in [4.69, 9.17) is 11.6 Å². The summed E-state index contributed by atoms with van der Waals surface area (Å²) in [7, 11) is 1.71. The summed E-state index contributed by atoms with van der Waals surface area (Å²) in [5.41, 5.74) is 0.475. The van der Waals surface area contributed by atoms with Crippen LogP contribution in [0, 0.1) is 0 Å². The lowest BCUT2D eigenvalue weighted by atomic mass is 10.1. The third-order valence-corrected chi connectivity index (χ3v) is 3.37. The van der Waals surface area contributed by atoms with E-state index in [-0.39, 0.29) is 18.0 Å². The van der Waals surface area contributed by atoms with Gasteiger partial charge in [0.05, 0.1) is 10.8 Å². The number of carbonyl (C=O) groups is 2. The van der Waals surface area contributed by atoms with Crippen molar-refractivity contribution in [2.24, 2.45) is 7.05 Å². The van der Waals surface area contributed by atoms with Crippen LogP contribution in [0.15, 0.2) is 23.8 Å². The molecule has 17 heavy (non-hydrogen) atoms. The van der Waals surface area contributed by atoms with Crippen LogP contribution in [0.4, 0.5) is 0 Å². The summed E-state index contributed by atoms with van der Waals surface area (Å²) in [6.45, 7) is 0. The molecule has 0 aromatic carbocycles. The van der Waals surface area contributed by atoms with Crippen LogP contribution in [0.1, 0.15) is 27.4 Å². The van der Waals surface area contributed by atoms with Crippen LogP contribution in [-0.4, -0.2) is 21.1 Å². The molecule has 0 aliphatic heterocycles. The van der Waals surface area contributed by atoms with E-state index >= 15 is 0 Å². The zero-order valence-corrected chi connectivity index (χ0v) is 10.6. The number of halogens is 1. The Morgan fingerprint density at radius 2 is 2.24 bits per heavy atom. The lowest BCUT2D eigenvalue weighted by Crippen LogP contribution is -2.12. The van der Waals surface area contributed by atoms with E-state index in [2.05, 4.69) is 4.98 Å². The Kier molecular flexibility index (Phi) is 3.40. The third-order valence-electron chi connectivity index (χ3n) is 2.28. The third kappa shape index (κ3) is 2.62. The number of imidazole rings is 1. The predicted octanol–water partition coefficient (Wildman–Crippen LogP) is 2.59. The van der Waals surface area contributed by atoms with Gasteiger partial charge in [0.2, 0.25) is 5.78 Å². The van der Waals surface area contributed by atoms with Gasteiger partial charge in [0.1, 0.15) is 0 Å². The lowest BCUT2D eigenvalue weighted by Gasteiger charge is -1.99. The monoisotopic (exact) mass is 268 g/mol. The highest BCUT2D eigenvalue weighted by Crippen LogP contribution is 2.21. The standard InChI is InChI=1S/C11H9ClN2O2S/c1-14-3-2-13-11(14)9(16)5-8(15)7-4-10(12)17-6-7/h2-4,6H,5H2,1H3. The number of nitrogens with zero attached hydrogens (tertiary/aromatic N) is 2. The summed E-state index contributed by atoms with van der Waals surface area (Å²) in [5.74, 6) is -0.231. The highest BCUT2D eigenvalue weighted by atomic mass is 35.5. The number of carbonyl (C=O) groups excluding carboxylic acids is 2. The molecule has 88 valence electrons. The van der Waals surface area contributed by atoms with Crippen molar-refractivity contribution in [3.63, 3.8) is 0 Å². The van der Waals surface area contributed by atoms with Crippen LogP contribution in [-0.2, 0) is 7.05 Å². The van der Waals surface area contributed by atoms with E-state index in [0.29, 0.717) is 15.7 Å². The minimum atomic E-state index is -0.287. The van der Waals surface area contributed by atoms with E-state index in [9.17, 15) is 9.59 Å². The Balaban J connectivity index is 2.10. The van der Waals surface area contributed by atoms with Gasteiger partial charge in [-0.05, 0) is 6.07 Å². The van der Waals surface area contributed by atoms with Crippen molar-refractivity contribution in [2.75, 3.05) is 0 Å². The molecular formula is C11H9ClN2O2S. The van der Waals surface area contributed by atoms with E-state index in [1.165, 1.54) is 17.5 Å². The summed E-state index contributed by atoms with van der Waals surface area (Å²) in [6, 6.07) is 1.57. The maximum absolute atomic E-state index is 11.8. The number of Topliss-reactive ketones (excluding diaryl/α,β-unsaturated/α-hetero) is 2. The lowest BCUT2D eigenvalue weighted by molar-refractivity contribution is 0.0887. The molecule has 2 aromatic rings. The maximum Gasteiger partial charge on any atom is 0.205 e. The molecule has 0 saturated heterocycles. The molecule has 0 amide bonds. The number of aromatic nitrogens is 2. The van der Waals surface area contributed by atoms with Crippen LogP contribution >= 0.6 is 22.9 Å². The van der Waals surface area contributed by atoms with Gasteiger partial charge in [-0.2, -0.15) is 0 Å². The topological polar surface area (TPSA) is 52.0 Å². The second-order valence-corrected chi connectivity index (χ2v) is 5.07. The van der Waals surface area contributed by atoms with Gasteiger partial charge in [0, 0.05) is 30.4 Å². The molecule has 2 aromatic heterocycles. The summed E-state index contributed by atoms with van der Waals surface area (Å²) >= 11 is 7.00. The molecule has 2 heterocycles. The maximum atomic E-state index is 11.8. The average Bonchev–Trinajstić information content (AvgIpc) is 2.86. The first kappa shape index (κ1) is 12.0. The van der Waals surface area contributed by atoms with Crippen LogP contribution in [0.25, 0.3) is 0 Å². The Morgan fingerprint density at radius 1 is 1.47 bits per heavy atom. The van der Waals surface area contributed by atoms with E-state index in [1.54, 1.807) is 29.3 Å². The molecule has 0 aliphatic carbocycles. The van der Waals surface area contributed by atoms with Gasteiger partial charge < -0.3 is 4.57 Å². The Labute approximate surface area is 107 Å². The van der Waals surface area contributed by atoms with Crippen molar-refractivity contribution >= 4 is 34.5 Å². The van der Waals surface area contributed by atoms with Gasteiger partial charge in [-0.15, -0.1) is 11.3 Å². The van der Waals surface area contributed by atoms with Gasteiger partial charge in [0.15, 0.2) is 11.6 Å². The summed E-state index contributed by atoms with van der Waals surface area (Å²) in [6.07, 6.45) is 3.01. The van der Waals surface area contributed by atoms with Gasteiger partial charge in [-0.3, -0.25) is 9.59 Å². The van der Waals surface area contributed by atoms with Gasteiger partial charge in [-0.1, -0.05) is 11.6 Å². The molecule has 0 N–H and O–H groups in total. The average molecular weight is 269 g/mol. The molecular weight excluding hydrogens is 260 g/mol. The molecule has 2 rings (SSSR count). The number of ketones is 2. The quantitative estimate of drug-likeness (QED) is 0.633. The highest BCUT2D eigenvalue weighted by molar-refractivity contribution is 7.14. The first-order chi connectivity index (χ1) is 8.08. The van der Waals surface area contributed by atoms with Crippen LogP contribution in [0.3, 0.4) is 0 Å². The van der Waals surface area contributed by atoms with E-state index in [0.717, 1.165) is 0 Å². The molecule has 0 spiro atoms. The molecule has 0 radical (unpaired) electrons. The van der Waals surface area contributed by atoms with E-state index < -0.39 is 0 Å². The van der Waals surface area contributed by atoms with Crippen molar-refractivity contribution in [3.8, 4) is 0 Å². The van der Waals surface area contributed by atoms with Crippen LogP contribution in [0.2, 0.25) is 4.34 Å². The first-order valence-electron chi connectivity index (χ1n) is 4.85. The molecule has 0 fully saturated rings. The molecule has 0 saturated carbocycles.